The second-order valence-corrected chi connectivity index (χ2v) is 5.10. The number of hydrogen-bond acceptors (Lipinski definition) is 3. The van der Waals surface area contributed by atoms with Gasteiger partial charge < -0.3 is 14.8 Å². The summed E-state index contributed by atoms with van der Waals surface area (Å²) >= 11 is 3.55. The Hall–Kier alpha value is -1.68. The molecule has 1 N–H and O–H groups in total. The average Bonchev–Trinajstić information content (AvgIpc) is 2.47. The van der Waals surface area contributed by atoms with Crippen molar-refractivity contribution in [3.8, 4) is 11.5 Å². The molecule has 0 saturated carbocycles. The molecule has 2 aromatic rings. The first-order valence-electron chi connectivity index (χ1n) is 6.52. The van der Waals surface area contributed by atoms with Crippen LogP contribution < -0.4 is 14.8 Å². The molecule has 4 heteroatoms. The Bertz CT molecular complexity index is 572. The summed E-state index contributed by atoms with van der Waals surface area (Å²) in [7, 11) is 1.64. The zero-order chi connectivity index (χ0) is 14.4. The van der Waals surface area contributed by atoms with Gasteiger partial charge in [-0.25, -0.2) is 0 Å². The summed E-state index contributed by atoms with van der Waals surface area (Å²) in [6.07, 6.45) is 0. The third kappa shape index (κ3) is 3.67. The van der Waals surface area contributed by atoms with Gasteiger partial charge in [-0.3, -0.25) is 0 Å². The summed E-state index contributed by atoms with van der Waals surface area (Å²) < 4.78 is 11.9. The standard InChI is InChI=1S/C16H18BrNO2/c1-3-20-16-10-13(8-9-15(16)19-2)18-11-12-6-4-5-7-14(12)17/h4-10,18H,3,11H2,1-2H3. The third-order valence-electron chi connectivity index (χ3n) is 2.90. The average molecular weight is 336 g/mol. The molecule has 2 aromatic carbocycles. The normalized spacial score (nSPS) is 10.2. The van der Waals surface area contributed by atoms with Crippen molar-refractivity contribution in [1.29, 1.82) is 0 Å². The number of rotatable bonds is 6. The van der Waals surface area contributed by atoms with Gasteiger partial charge in [-0.15, -0.1) is 0 Å². The minimum absolute atomic E-state index is 0.615. The summed E-state index contributed by atoms with van der Waals surface area (Å²) in [5.74, 6) is 1.51. The first kappa shape index (κ1) is 14.7. The lowest BCUT2D eigenvalue weighted by Crippen LogP contribution is -2.01. The monoisotopic (exact) mass is 335 g/mol. The summed E-state index contributed by atoms with van der Waals surface area (Å²) in [4.78, 5) is 0. The van der Waals surface area contributed by atoms with Crippen molar-refractivity contribution in [3.05, 3.63) is 52.5 Å². The first-order chi connectivity index (χ1) is 9.74. The number of halogens is 1. The van der Waals surface area contributed by atoms with E-state index in [4.69, 9.17) is 9.47 Å². The van der Waals surface area contributed by atoms with E-state index in [2.05, 4.69) is 27.3 Å². The smallest absolute Gasteiger partial charge is 0.163 e. The topological polar surface area (TPSA) is 30.5 Å². The third-order valence-corrected chi connectivity index (χ3v) is 3.68. The number of benzene rings is 2. The van der Waals surface area contributed by atoms with Crippen LogP contribution >= 0.6 is 15.9 Å². The maximum atomic E-state index is 5.57. The second-order valence-electron chi connectivity index (χ2n) is 4.24. The van der Waals surface area contributed by atoms with Gasteiger partial charge in [0.1, 0.15) is 0 Å². The van der Waals surface area contributed by atoms with Crippen molar-refractivity contribution in [2.75, 3.05) is 19.0 Å². The lowest BCUT2D eigenvalue weighted by molar-refractivity contribution is 0.311. The van der Waals surface area contributed by atoms with Crippen LogP contribution in [0.5, 0.6) is 11.5 Å². The molecule has 20 heavy (non-hydrogen) atoms. The zero-order valence-corrected chi connectivity index (χ0v) is 13.2. The number of methoxy groups -OCH3 is 1. The highest BCUT2D eigenvalue weighted by Crippen LogP contribution is 2.30. The van der Waals surface area contributed by atoms with E-state index >= 15 is 0 Å². The fourth-order valence-corrected chi connectivity index (χ4v) is 2.32. The van der Waals surface area contributed by atoms with Gasteiger partial charge in [0, 0.05) is 22.8 Å². The second kappa shape index (κ2) is 7.20. The van der Waals surface area contributed by atoms with Crippen LogP contribution in [-0.4, -0.2) is 13.7 Å². The first-order valence-corrected chi connectivity index (χ1v) is 7.32. The molecule has 106 valence electrons. The van der Waals surface area contributed by atoms with Crippen LogP contribution in [0.3, 0.4) is 0 Å². The molecule has 3 nitrogen and oxygen atoms in total. The minimum Gasteiger partial charge on any atom is -0.493 e. The van der Waals surface area contributed by atoms with Crippen LogP contribution in [0.4, 0.5) is 5.69 Å². The van der Waals surface area contributed by atoms with E-state index in [0.717, 1.165) is 28.2 Å². The molecular weight excluding hydrogens is 318 g/mol. The van der Waals surface area contributed by atoms with Crippen molar-refractivity contribution < 1.29 is 9.47 Å². The number of hydrogen-bond donors (Lipinski definition) is 1. The lowest BCUT2D eigenvalue weighted by atomic mass is 10.2. The Labute approximate surface area is 128 Å². The summed E-state index contributed by atoms with van der Waals surface area (Å²) in [5.41, 5.74) is 2.21. The van der Waals surface area contributed by atoms with E-state index in [1.807, 2.05) is 43.3 Å². The van der Waals surface area contributed by atoms with Crippen molar-refractivity contribution >= 4 is 21.6 Å². The Morgan fingerprint density at radius 2 is 1.90 bits per heavy atom. The van der Waals surface area contributed by atoms with Gasteiger partial charge in [0.15, 0.2) is 11.5 Å². The van der Waals surface area contributed by atoms with Crippen molar-refractivity contribution in [2.45, 2.75) is 13.5 Å². The molecule has 0 bridgehead atoms. The van der Waals surface area contributed by atoms with Gasteiger partial charge in [0.05, 0.1) is 13.7 Å². The van der Waals surface area contributed by atoms with Crippen LogP contribution in [-0.2, 0) is 6.54 Å². The van der Waals surface area contributed by atoms with Crippen molar-refractivity contribution in [2.24, 2.45) is 0 Å². The Morgan fingerprint density at radius 1 is 1.10 bits per heavy atom. The molecule has 0 aliphatic rings. The molecule has 0 heterocycles. The molecule has 2 rings (SSSR count). The van der Waals surface area contributed by atoms with Gasteiger partial charge in [-0.2, -0.15) is 0 Å². The molecule has 0 spiro atoms. The maximum absolute atomic E-state index is 5.57. The maximum Gasteiger partial charge on any atom is 0.163 e. The summed E-state index contributed by atoms with van der Waals surface area (Å²) in [6, 6.07) is 14.0. The Morgan fingerprint density at radius 3 is 2.60 bits per heavy atom. The molecule has 0 radical (unpaired) electrons. The number of anilines is 1. The van der Waals surface area contributed by atoms with Crippen LogP contribution in [0.15, 0.2) is 46.9 Å². The predicted octanol–water partition coefficient (Wildman–Crippen LogP) is 4.47. The fourth-order valence-electron chi connectivity index (χ4n) is 1.89. The van der Waals surface area contributed by atoms with E-state index in [1.165, 1.54) is 5.56 Å². The van der Waals surface area contributed by atoms with Gasteiger partial charge in [0.2, 0.25) is 0 Å². The highest BCUT2D eigenvalue weighted by molar-refractivity contribution is 9.10. The fraction of sp³-hybridized carbons (Fsp3) is 0.250. The molecule has 0 aliphatic carbocycles. The van der Waals surface area contributed by atoms with Gasteiger partial charge in [0.25, 0.3) is 0 Å². The molecular formula is C16H18BrNO2. The van der Waals surface area contributed by atoms with Crippen molar-refractivity contribution in [1.82, 2.24) is 0 Å². The van der Waals surface area contributed by atoms with E-state index in [0.29, 0.717) is 6.61 Å². The van der Waals surface area contributed by atoms with Gasteiger partial charge in [-0.1, -0.05) is 34.1 Å². The Kier molecular flexibility index (Phi) is 5.30. The van der Waals surface area contributed by atoms with Crippen LogP contribution in [0.25, 0.3) is 0 Å². The lowest BCUT2D eigenvalue weighted by Gasteiger charge is -2.13. The number of nitrogens with one attached hydrogen (secondary N) is 1. The van der Waals surface area contributed by atoms with E-state index in [1.54, 1.807) is 7.11 Å². The molecule has 0 aromatic heterocycles. The molecule has 0 fully saturated rings. The molecule has 0 aliphatic heterocycles. The highest BCUT2D eigenvalue weighted by atomic mass is 79.9. The van der Waals surface area contributed by atoms with E-state index < -0.39 is 0 Å². The van der Waals surface area contributed by atoms with E-state index in [9.17, 15) is 0 Å². The molecule has 0 atom stereocenters. The number of ether oxygens (including phenoxy) is 2. The summed E-state index contributed by atoms with van der Waals surface area (Å²) in [5, 5.41) is 3.39. The molecule has 0 unspecified atom stereocenters. The van der Waals surface area contributed by atoms with Crippen LogP contribution in [0.2, 0.25) is 0 Å². The summed E-state index contributed by atoms with van der Waals surface area (Å²) in [6.45, 7) is 3.32. The van der Waals surface area contributed by atoms with Crippen LogP contribution in [0.1, 0.15) is 12.5 Å². The zero-order valence-electron chi connectivity index (χ0n) is 11.7. The van der Waals surface area contributed by atoms with Gasteiger partial charge >= 0.3 is 0 Å². The molecule has 0 saturated heterocycles. The van der Waals surface area contributed by atoms with Gasteiger partial charge in [-0.05, 0) is 30.7 Å². The minimum atomic E-state index is 0.615. The van der Waals surface area contributed by atoms with Crippen LogP contribution in [0, 0.1) is 0 Å². The highest BCUT2D eigenvalue weighted by Gasteiger charge is 2.05. The Balaban J connectivity index is 2.10. The molecule has 0 amide bonds. The van der Waals surface area contributed by atoms with Crippen molar-refractivity contribution in [3.63, 3.8) is 0 Å². The SMILES string of the molecule is CCOc1cc(NCc2ccccc2Br)ccc1OC. The predicted molar refractivity (Wildman–Crippen MR) is 85.6 cm³/mol. The largest absolute Gasteiger partial charge is 0.493 e. The van der Waals surface area contributed by atoms with E-state index in [-0.39, 0.29) is 0 Å². The quantitative estimate of drug-likeness (QED) is 0.844.